The number of carbonyl (C=O) groups is 2. The minimum atomic E-state index is -0.160. The van der Waals surface area contributed by atoms with Crippen molar-refractivity contribution in [2.75, 3.05) is 18.4 Å². The Balaban J connectivity index is 1.46. The fourth-order valence-corrected chi connectivity index (χ4v) is 4.31. The van der Waals surface area contributed by atoms with Crippen molar-refractivity contribution in [3.05, 3.63) is 58.5 Å². The van der Waals surface area contributed by atoms with E-state index in [0.717, 1.165) is 10.6 Å². The van der Waals surface area contributed by atoms with Crippen LogP contribution < -0.4 is 5.32 Å². The molecule has 8 heteroatoms. The van der Waals surface area contributed by atoms with E-state index >= 15 is 0 Å². The van der Waals surface area contributed by atoms with Gasteiger partial charge in [0.15, 0.2) is 5.82 Å². The first-order valence-corrected chi connectivity index (χ1v) is 11.4. The number of amides is 2. The molecular weight excluding hydrogens is 410 g/mol. The van der Waals surface area contributed by atoms with Gasteiger partial charge in [0, 0.05) is 36.7 Å². The van der Waals surface area contributed by atoms with E-state index in [1.54, 1.807) is 10.9 Å². The maximum atomic E-state index is 13.0. The molecule has 31 heavy (non-hydrogen) atoms. The molecule has 1 fully saturated rings. The van der Waals surface area contributed by atoms with E-state index < -0.39 is 0 Å². The lowest BCUT2D eigenvalue weighted by Crippen LogP contribution is -2.41. The number of pyridine rings is 1. The van der Waals surface area contributed by atoms with Crippen molar-refractivity contribution in [1.82, 2.24) is 19.7 Å². The molecule has 4 rings (SSSR count). The van der Waals surface area contributed by atoms with E-state index in [1.165, 1.54) is 11.3 Å². The molecule has 1 N–H and O–H groups in total. The van der Waals surface area contributed by atoms with E-state index in [-0.39, 0.29) is 23.1 Å². The average Bonchev–Trinajstić information content (AvgIpc) is 3.44. The highest BCUT2D eigenvalue weighted by Crippen LogP contribution is 2.27. The maximum absolute atomic E-state index is 13.0. The zero-order valence-corrected chi connectivity index (χ0v) is 18.9. The summed E-state index contributed by atoms with van der Waals surface area (Å²) in [5.74, 6) is 1.14. The van der Waals surface area contributed by atoms with Crippen LogP contribution in [0.4, 0.5) is 5.82 Å². The molecule has 1 aliphatic heterocycles. The Hall–Kier alpha value is -3.00. The molecule has 4 heterocycles. The summed E-state index contributed by atoms with van der Waals surface area (Å²) in [4.78, 5) is 32.6. The predicted molar refractivity (Wildman–Crippen MR) is 122 cm³/mol. The summed E-state index contributed by atoms with van der Waals surface area (Å²) < 4.78 is 1.69. The van der Waals surface area contributed by atoms with Gasteiger partial charge in [0.1, 0.15) is 5.82 Å². The van der Waals surface area contributed by atoms with Crippen molar-refractivity contribution in [3.8, 4) is 5.82 Å². The number of carbonyl (C=O) groups excluding carboxylic acids is 2. The molecule has 2 amide bonds. The molecule has 3 aromatic heterocycles. The lowest BCUT2D eigenvalue weighted by Gasteiger charge is -2.31. The summed E-state index contributed by atoms with van der Waals surface area (Å²) in [5.41, 5.74) is 0.720. The third-order valence-electron chi connectivity index (χ3n) is 5.48. The highest BCUT2D eigenvalue weighted by atomic mass is 32.1. The van der Waals surface area contributed by atoms with Gasteiger partial charge in [-0.05, 0) is 36.4 Å². The van der Waals surface area contributed by atoms with E-state index in [0.29, 0.717) is 37.6 Å². The average molecular weight is 438 g/mol. The van der Waals surface area contributed by atoms with Crippen molar-refractivity contribution in [1.29, 1.82) is 0 Å². The van der Waals surface area contributed by atoms with Gasteiger partial charge in [-0.1, -0.05) is 32.9 Å². The van der Waals surface area contributed by atoms with Gasteiger partial charge in [0.05, 0.1) is 10.6 Å². The van der Waals surface area contributed by atoms with Crippen LogP contribution in [0.2, 0.25) is 0 Å². The van der Waals surface area contributed by atoms with Crippen molar-refractivity contribution in [3.63, 3.8) is 0 Å². The summed E-state index contributed by atoms with van der Waals surface area (Å²) >= 11 is 1.45. The van der Waals surface area contributed by atoms with Crippen molar-refractivity contribution < 1.29 is 9.59 Å². The Labute approximate surface area is 186 Å². The fraction of sp³-hybridized carbons (Fsp3) is 0.391. The zero-order valence-electron chi connectivity index (χ0n) is 18.0. The predicted octanol–water partition coefficient (Wildman–Crippen LogP) is 4.12. The SMILES string of the molecule is CC(C)(C)c1cc(NC(=O)C2CCN(C(=O)c3cccs3)CC2)n(-c2ccccn2)n1. The standard InChI is InChI=1S/C23H27N5O2S/c1-23(2,3)18-15-20(28(26-18)19-8-4-5-11-24-19)25-21(29)16-9-12-27(13-10-16)22(30)17-7-6-14-31-17/h4-8,11,14-16H,9-10,12-13H2,1-3H3,(H,25,29). The van der Waals surface area contributed by atoms with Crippen LogP contribution in [0.1, 0.15) is 49.0 Å². The Kier molecular flexibility index (Phi) is 5.91. The molecule has 1 aliphatic rings. The van der Waals surface area contributed by atoms with Gasteiger partial charge in [0.25, 0.3) is 5.91 Å². The van der Waals surface area contributed by atoms with E-state index in [2.05, 4.69) is 31.1 Å². The number of likely N-dealkylation sites (tertiary alicyclic amines) is 1. The van der Waals surface area contributed by atoms with E-state index in [9.17, 15) is 9.59 Å². The van der Waals surface area contributed by atoms with Gasteiger partial charge in [0.2, 0.25) is 5.91 Å². The number of nitrogens with one attached hydrogen (secondary N) is 1. The van der Waals surface area contributed by atoms with Crippen LogP contribution in [0, 0.1) is 5.92 Å². The Bertz CT molecular complexity index is 1050. The normalized spacial score (nSPS) is 15.1. The van der Waals surface area contributed by atoms with Crippen LogP contribution in [0.3, 0.4) is 0 Å². The highest BCUT2D eigenvalue weighted by molar-refractivity contribution is 7.12. The van der Waals surface area contributed by atoms with Gasteiger partial charge >= 0.3 is 0 Å². The summed E-state index contributed by atoms with van der Waals surface area (Å²) in [6.45, 7) is 7.43. The van der Waals surface area contributed by atoms with Gasteiger partial charge < -0.3 is 10.2 Å². The summed E-state index contributed by atoms with van der Waals surface area (Å²) in [6, 6.07) is 11.3. The largest absolute Gasteiger partial charge is 0.338 e. The lowest BCUT2D eigenvalue weighted by atomic mass is 9.92. The van der Waals surface area contributed by atoms with Crippen LogP contribution in [-0.4, -0.2) is 44.6 Å². The minimum absolute atomic E-state index is 0.0410. The quantitative estimate of drug-likeness (QED) is 0.666. The first-order chi connectivity index (χ1) is 14.8. The topological polar surface area (TPSA) is 80.1 Å². The first kappa shape index (κ1) is 21.2. The number of anilines is 1. The second-order valence-corrected chi connectivity index (χ2v) is 9.75. The van der Waals surface area contributed by atoms with E-state index in [1.807, 2.05) is 46.7 Å². The van der Waals surface area contributed by atoms with Crippen LogP contribution in [-0.2, 0) is 10.2 Å². The smallest absolute Gasteiger partial charge is 0.263 e. The van der Waals surface area contributed by atoms with Crippen molar-refractivity contribution in [2.45, 2.75) is 39.0 Å². The number of thiophene rings is 1. The molecule has 3 aromatic rings. The molecule has 0 saturated carbocycles. The summed E-state index contributed by atoms with van der Waals surface area (Å²) in [7, 11) is 0. The number of nitrogens with zero attached hydrogens (tertiary/aromatic N) is 4. The second-order valence-electron chi connectivity index (χ2n) is 8.80. The first-order valence-electron chi connectivity index (χ1n) is 10.5. The van der Waals surface area contributed by atoms with E-state index in [4.69, 9.17) is 5.10 Å². The van der Waals surface area contributed by atoms with Gasteiger partial charge in [-0.25, -0.2) is 4.98 Å². The van der Waals surface area contributed by atoms with Crippen LogP contribution in [0.5, 0.6) is 0 Å². The van der Waals surface area contributed by atoms with Gasteiger partial charge in [-0.3, -0.25) is 9.59 Å². The Morgan fingerprint density at radius 1 is 1.13 bits per heavy atom. The molecule has 0 atom stereocenters. The molecule has 0 aromatic carbocycles. The second kappa shape index (κ2) is 8.63. The third kappa shape index (κ3) is 4.69. The number of hydrogen-bond acceptors (Lipinski definition) is 5. The summed E-state index contributed by atoms with van der Waals surface area (Å²) in [6.07, 6.45) is 3.00. The van der Waals surface area contributed by atoms with Crippen LogP contribution in [0.15, 0.2) is 48.0 Å². The van der Waals surface area contributed by atoms with Crippen LogP contribution in [0.25, 0.3) is 5.82 Å². The summed E-state index contributed by atoms with van der Waals surface area (Å²) in [5, 5.41) is 9.67. The number of rotatable bonds is 4. The highest BCUT2D eigenvalue weighted by Gasteiger charge is 2.29. The lowest BCUT2D eigenvalue weighted by molar-refractivity contribution is -0.121. The van der Waals surface area contributed by atoms with Crippen molar-refractivity contribution in [2.24, 2.45) is 5.92 Å². The van der Waals surface area contributed by atoms with Gasteiger partial charge in [-0.2, -0.15) is 9.78 Å². The molecule has 0 radical (unpaired) electrons. The molecular formula is C23H27N5O2S. The molecule has 1 saturated heterocycles. The molecule has 0 aliphatic carbocycles. The van der Waals surface area contributed by atoms with Crippen LogP contribution >= 0.6 is 11.3 Å². The molecule has 0 unspecified atom stereocenters. The molecule has 7 nitrogen and oxygen atoms in total. The minimum Gasteiger partial charge on any atom is -0.338 e. The number of piperidine rings is 1. The molecule has 0 bridgehead atoms. The fourth-order valence-electron chi connectivity index (χ4n) is 3.62. The van der Waals surface area contributed by atoms with Crippen molar-refractivity contribution >= 4 is 29.0 Å². The third-order valence-corrected chi connectivity index (χ3v) is 6.34. The van der Waals surface area contributed by atoms with Gasteiger partial charge in [-0.15, -0.1) is 11.3 Å². The molecule has 0 spiro atoms. The number of hydrogen-bond donors (Lipinski definition) is 1. The molecule has 162 valence electrons. The Morgan fingerprint density at radius 2 is 1.90 bits per heavy atom. The monoisotopic (exact) mass is 437 g/mol. The Morgan fingerprint density at radius 3 is 2.52 bits per heavy atom. The zero-order chi connectivity index (χ0) is 22.0. The maximum Gasteiger partial charge on any atom is 0.263 e. The number of aromatic nitrogens is 3.